The zero-order valence-corrected chi connectivity index (χ0v) is 15.7. The van der Waals surface area contributed by atoms with Gasteiger partial charge < -0.3 is 9.80 Å². The second-order valence-corrected chi connectivity index (χ2v) is 8.89. The molecule has 0 aromatic heterocycles. The summed E-state index contributed by atoms with van der Waals surface area (Å²) in [6, 6.07) is 6.68. The van der Waals surface area contributed by atoms with Gasteiger partial charge >= 0.3 is 0 Å². The highest BCUT2D eigenvalue weighted by molar-refractivity contribution is 7.89. The fourth-order valence-corrected chi connectivity index (χ4v) is 3.54. The van der Waals surface area contributed by atoms with Crippen molar-refractivity contribution in [3.8, 4) is 0 Å². The molecular formula is C17H25N3O4S. The molecule has 1 heterocycles. The van der Waals surface area contributed by atoms with Crippen molar-refractivity contribution in [2.45, 2.75) is 31.1 Å². The Bertz CT molecular complexity index is 715. The highest BCUT2D eigenvalue weighted by Crippen LogP contribution is 2.23. The molecule has 2 amide bonds. The monoisotopic (exact) mass is 367 g/mol. The second kappa shape index (κ2) is 7.53. The Kier molecular flexibility index (Phi) is 5.84. The Morgan fingerprint density at radius 1 is 1.12 bits per heavy atom. The van der Waals surface area contributed by atoms with Gasteiger partial charge in [-0.05, 0) is 23.1 Å². The number of carbonyl (C=O) groups excluding carboxylic acids is 2. The first-order valence-electron chi connectivity index (χ1n) is 8.21. The molecule has 1 aromatic carbocycles. The third kappa shape index (κ3) is 5.02. The van der Waals surface area contributed by atoms with E-state index in [2.05, 4.69) is 25.5 Å². The van der Waals surface area contributed by atoms with Crippen LogP contribution in [0, 0.1) is 0 Å². The van der Waals surface area contributed by atoms with Crippen molar-refractivity contribution in [1.82, 2.24) is 14.5 Å². The average molecular weight is 367 g/mol. The van der Waals surface area contributed by atoms with Crippen LogP contribution in [0.2, 0.25) is 0 Å². The van der Waals surface area contributed by atoms with Crippen LogP contribution in [0.3, 0.4) is 0 Å². The van der Waals surface area contributed by atoms with E-state index in [9.17, 15) is 18.0 Å². The van der Waals surface area contributed by atoms with Crippen molar-refractivity contribution in [1.29, 1.82) is 0 Å². The molecule has 0 atom stereocenters. The van der Waals surface area contributed by atoms with Gasteiger partial charge in [-0.2, -0.15) is 0 Å². The normalized spacial score (nSPS) is 16.0. The third-order valence-electron chi connectivity index (χ3n) is 4.26. The maximum atomic E-state index is 12.3. The molecule has 0 saturated carbocycles. The molecule has 0 radical (unpaired) electrons. The van der Waals surface area contributed by atoms with Gasteiger partial charge in [0.2, 0.25) is 22.3 Å². The number of carbonyl (C=O) groups is 2. The topological polar surface area (TPSA) is 86.8 Å². The van der Waals surface area contributed by atoms with Crippen LogP contribution in [0.25, 0.3) is 0 Å². The van der Waals surface area contributed by atoms with Crippen molar-refractivity contribution in [2.24, 2.45) is 0 Å². The summed E-state index contributed by atoms with van der Waals surface area (Å²) in [5.74, 6) is -0.291. The van der Waals surface area contributed by atoms with Crippen LogP contribution in [0.15, 0.2) is 29.2 Å². The maximum absolute atomic E-state index is 12.3. The molecule has 1 aromatic rings. The van der Waals surface area contributed by atoms with Crippen molar-refractivity contribution in [3.05, 3.63) is 29.8 Å². The third-order valence-corrected chi connectivity index (χ3v) is 5.68. The number of amides is 2. The smallest absolute Gasteiger partial charge is 0.241 e. The minimum atomic E-state index is -3.74. The van der Waals surface area contributed by atoms with Gasteiger partial charge in [0.15, 0.2) is 0 Å². The summed E-state index contributed by atoms with van der Waals surface area (Å²) < 4.78 is 27.0. The Morgan fingerprint density at radius 2 is 1.68 bits per heavy atom. The van der Waals surface area contributed by atoms with Crippen LogP contribution < -0.4 is 4.72 Å². The molecule has 2 rings (SSSR count). The van der Waals surface area contributed by atoms with Gasteiger partial charge in [0, 0.05) is 26.2 Å². The summed E-state index contributed by atoms with van der Waals surface area (Å²) in [4.78, 5) is 26.1. The lowest BCUT2D eigenvalue weighted by molar-refractivity contribution is -0.134. The lowest BCUT2D eigenvalue weighted by Gasteiger charge is -2.32. The lowest BCUT2D eigenvalue weighted by atomic mass is 9.87. The number of sulfonamides is 1. The van der Waals surface area contributed by atoms with E-state index in [1.54, 1.807) is 34.1 Å². The van der Waals surface area contributed by atoms with Crippen LogP contribution in [0.1, 0.15) is 26.3 Å². The lowest BCUT2D eigenvalue weighted by Crippen LogP contribution is -2.50. The van der Waals surface area contributed by atoms with E-state index in [1.807, 2.05) is 0 Å². The summed E-state index contributed by atoms with van der Waals surface area (Å²) in [6.07, 6.45) is 0.756. The van der Waals surface area contributed by atoms with Crippen molar-refractivity contribution in [2.75, 3.05) is 32.7 Å². The Morgan fingerprint density at radius 3 is 2.16 bits per heavy atom. The zero-order chi connectivity index (χ0) is 18.7. The summed E-state index contributed by atoms with van der Waals surface area (Å²) in [5, 5.41) is 0. The van der Waals surface area contributed by atoms with Gasteiger partial charge in [-0.3, -0.25) is 9.59 Å². The number of rotatable bonds is 5. The molecular weight excluding hydrogens is 342 g/mol. The minimum Gasteiger partial charge on any atom is -0.342 e. The van der Waals surface area contributed by atoms with Gasteiger partial charge in [-0.25, -0.2) is 13.1 Å². The molecule has 1 aliphatic rings. The standard InChI is InChI=1S/C17H25N3O4S/c1-17(2,3)14-4-6-15(7-5-14)25(23,24)18-12-16(22)20-10-8-19(13-21)9-11-20/h4-7,13,18H,8-12H2,1-3H3. The summed E-state index contributed by atoms with van der Waals surface area (Å²) in [7, 11) is -3.74. The summed E-state index contributed by atoms with van der Waals surface area (Å²) in [5.41, 5.74) is 0.977. The minimum absolute atomic E-state index is 0.0602. The first-order valence-corrected chi connectivity index (χ1v) is 9.69. The van der Waals surface area contributed by atoms with Gasteiger partial charge in [0.05, 0.1) is 11.4 Å². The van der Waals surface area contributed by atoms with Crippen LogP contribution in [0.5, 0.6) is 0 Å². The quantitative estimate of drug-likeness (QED) is 0.771. The van der Waals surface area contributed by atoms with E-state index in [1.165, 1.54) is 0 Å². The molecule has 0 unspecified atom stereocenters. The van der Waals surface area contributed by atoms with Gasteiger partial charge in [0.25, 0.3) is 0 Å². The van der Waals surface area contributed by atoms with Crippen molar-refractivity contribution < 1.29 is 18.0 Å². The maximum Gasteiger partial charge on any atom is 0.241 e. The van der Waals surface area contributed by atoms with Gasteiger partial charge in [-0.1, -0.05) is 32.9 Å². The van der Waals surface area contributed by atoms with Crippen LogP contribution in [0.4, 0.5) is 0 Å². The Balaban J connectivity index is 1.95. The molecule has 0 aliphatic carbocycles. The first kappa shape index (κ1) is 19.4. The Hall–Kier alpha value is -1.93. The fraction of sp³-hybridized carbons (Fsp3) is 0.529. The number of nitrogens with one attached hydrogen (secondary N) is 1. The molecule has 1 N–H and O–H groups in total. The number of hydrogen-bond acceptors (Lipinski definition) is 4. The van der Waals surface area contributed by atoms with E-state index in [0.29, 0.717) is 26.2 Å². The summed E-state index contributed by atoms with van der Waals surface area (Å²) in [6.45, 7) is 7.64. The molecule has 1 aliphatic heterocycles. The number of hydrogen-bond donors (Lipinski definition) is 1. The zero-order valence-electron chi connectivity index (χ0n) is 14.9. The van der Waals surface area contributed by atoms with E-state index in [0.717, 1.165) is 12.0 Å². The van der Waals surface area contributed by atoms with Crippen LogP contribution in [-0.2, 0) is 25.0 Å². The van der Waals surface area contributed by atoms with E-state index in [4.69, 9.17) is 0 Å². The van der Waals surface area contributed by atoms with Crippen LogP contribution in [-0.4, -0.2) is 63.3 Å². The molecule has 138 valence electrons. The largest absolute Gasteiger partial charge is 0.342 e. The van der Waals surface area contributed by atoms with E-state index < -0.39 is 10.0 Å². The van der Waals surface area contributed by atoms with Gasteiger partial charge in [0.1, 0.15) is 0 Å². The second-order valence-electron chi connectivity index (χ2n) is 7.12. The van der Waals surface area contributed by atoms with Crippen molar-refractivity contribution in [3.63, 3.8) is 0 Å². The molecule has 0 spiro atoms. The summed E-state index contributed by atoms with van der Waals surface area (Å²) >= 11 is 0. The fourth-order valence-electron chi connectivity index (χ4n) is 2.56. The number of benzene rings is 1. The van der Waals surface area contributed by atoms with E-state index >= 15 is 0 Å². The molecule has 1 fully saturated rings. The molecule has 8 heteroatoms. The molecule has 25 heavy (non-hydrogen) atoms. The van der Waals surface area contributed by atoms with Crippen LogP contribution >= 0.6 is 0 Å². The number of nitrogens with zero attached hydrogens (tertiary/aromatic N) is 2. The number of piperazine rings is 1. The first-order chi connectivity index (χ1) is 11.6. The van der Waals surface area contributed by atoms with E-state index in [-0.39, 0.29) is 22.8 Å². The Labute approximate surface area is 149 Å². The predicted molar refractivity (Wildman–Crippen MR) is 94.5 cm³/mol. The van der Waals surface area contributed by atoms with Crippen molar-refractivity contribution >= 4 is 22.3 Å². The molecule has 0 bridgehead atoms. The SMILES string of the molecule is CC(C)(C)c1ccc(S(=O)(=O)NCC(=O)N2CCN(C=O)CC2)cc1. The molecule has 1 saturated heterocycles. The van der Waals surface area contributed by atoms with Gasteiger partial charge in [-0.15, -0.1) is 0 Å². The molecule has 7 nitrogen and oxygen atoms in total. The average Bonchev–Trinajstić information content (AvgIpc) is 2.59. The highest BCUT2D eigenvalue weighted by atomic mass is 32.2. The highest BCUT2D eigenvalue weighted by Gasteiger charge is 2.23. The predicted octanol–water partition coefficient (Wildman–Crippen LogP) is 0.563.